The third-order valence-corrected chi connectivity index (χ3v) is 2.80. The third-order valence-electron chi connectivity index (χ3n) is 2.80. The number of ether oxygens (including phenoxy) is 2. The summed E-state index contributed by atoms with van der Waals surface area (Å²) in [7, 11) is 0. The van der Waals surface area contributed by atoms with E-state index in [9.17, 15) is 15.0 Å². The molecule has 0 aliphatic carbocycles. The van der Waals surface area contributed by atoms with E-state index in [1.165, 1.54) is 19.9 Å². The molecule has 0 saturated carbocycles. The van der Waals surface area contributed by atoms with Gasteiger partial charge >= 0.3 is 5.97 Å². The van der Waals surface area contributed by atoms with E-state index in [0.29, 0.717) is 12.4 Å². The minimum atomic E-state index is -1.21. The summed E-state index contributed by atoms with van der Waals surface area (Å²) >= 11 is 0. The maximum atomic E-state index is 11.2. The highest BCUT2D eigenvalue weighted by Gasteiger charge is 2.24. The minimum absolute atomic E-state index is 0.00150. The number of carbonyl (C=O) groups is 1. The van der Waals surface area contributed by atoms with Gasteiger partial charge in [-0.05, 0) is 44.5 Å². The zero-order valence-corrected chi connectivity index (χ0v) is 12.6. The number of rotatable bonds is 7. The number of aliphatic hydroxyl groups is 2. The SMILES string of the molecule is CCOC(=O)/C=C/c1ccc(OC[C@@H](O)C(C)(C)O)cc1. The van der Waals surface area contributed by atoms with Crippen LogP contribution in [0.25, 0.3) is 6.08 Å². The lowest BCUT2D eigenvalue weighted by Gasteiger charge is -2.24. The second kappa shape index (κ2) is 7.81. The Morgan fingerprint density at radius 3 is 2.48 bits per heavy atom. The maximum absolute atomic E-state index is 11.2. The lowest BCUT2D eigenvalue weighted by atomic mass is 10.0. The van der Waals surface area contributed by atoms with Crippen LogP contribution in [0.2, 0.25) is 0 Å². The van der Waals surface area contributed by atoms with Crippen molar-refractivity contribution in [2.75, 3.05) is 13.2 Å². The highest BCUT2D eigenvalue weighted by molar-refractivity contribution is 5.87. The van der Waals surface area contributed by atoms with E-state index in [-0.39, 0.29) is 12.6 Å². The Hall–Kier alpha value is -1.85. The molecule has 1 aromatic rings. The van der Waals surface area contributed by atoms with Crippen molar-refractivity contribution in [3.05, 3.63) is 35.9 Å². The Morgan fingerprint density at radius 2 is 1.95 bits per heavy atom. The molecule has 0 bridgehead atoms. The molecule has 21 heavy (non-hydrogen) atoms. The lowest BCUT2D eigenvalue weighted by molar-refractivity contribution is -0.137. The van der Waals surface area contributed by atoms with Crippen LogP contribution in [-0.2, 0) is 9.53 Å². The molecular weight excluding hydrogens is 272 g/mol. The number of hydrogen-bond donors (Lipinski definition) is 2. The van der Waals surface area contributed by atoms with Crippen LogP contribution in [0, 0.1) is 0 Å². The minimum Gasteiger partial charge on any atom is -0.491 e. The van der Waals surface area contributed by atoms with Crippen molar-refractivity contribution in [1.82, 2.24) is 0 Å². The molecule has 0 radical (unpaired) electrons. The average Bonchev–Trinajstić information content (AvgIpc) is 2.43. The van der Waals surface area contributed by atoms with Gasteiger partial charge in [0.15, 0.2) is 0 Å². The van der Waals surface area contributed by atoms with E-state index in [1.54, 1.807) is 37.3 Å². The van der Waals surface area contributed by atoms with Crippen LogP contribution in [0.1, 0.15) is 26.3 Å². The predicted octanol–water partition coefficient (Wildman–Crippen LogP) is 1.77. The largest absolute Gasteiger partial charge is 0.491 e. The fourth-order valence-electron chi connectivity index (χ4n) is 1.41. The zero-order valence-electron chi connectivity index (χ0n) is 12.6. The fourth-order valence-corrected chi connectivity index (χ4v) is 1.41. The van der Waals surface area contributed by atoms with E-state index in [4.69, 9.17) is 9.47 Å². The van der Waals surface area contributed by atoms with Gasteiger partial charge in [-0.3, -0.25) is 0 Å². The van der Waals surface area contributed by atoms with Crippen LogP contribution in [0.5, 0.6) is 5.75 Å². The number of hydrogen-bond acceptors (Lipinski definition) is 5. The molecular formula is C16H22O5. The van der Waals surface area contributed by atoms with Crippen molar-refractivity contribution in [2.24, 2.45) is 0 Å². The van der Waals surface area contributed by atoms with Gasteiger partial charge in [0, 0.05) is 6.08 Å². The first-order valence-corrected chi connectivity index (χ1v) is 6.81. The van der Waals surface area contributed by atoms with Crippen LogP contribution >= 0.6 is 0 Å². The first kappa shape index (κ1) is 17.2. The Labute approximate surface area is 124 Å². The van der Waals surface area contributed by atoms with Crippen LogP contribution in [-0.4, -0.2) is 41.1 Å². The molecule has 1 atom stereocenters. The highest BCUT2D eigenvalue weighted by atomic mass is 16.5. The van der Waals surface area contributed by atoms with Gasteiger partial charge in [-0.2, -0.15) is 0 Å². The van der Waals surface area contributed by atoms with Gasteiger partial charge in [0.2, 0.25) is 0 Å². The van der Waals surface area contributed by atoms with Crippen molar-refractivity contribution >= 4 is 12.0 Å². The summed E-state index contributed by atoms with van der Waals surface area (Å²) in [4.78, 5) is 11.2. The Morgan fingerprint density at radius 1 is 1.33 bits per heavy atom. The molecule has 0 fully saturated rings. The molecule has 2 N–H and O–H groups in total. The van der Waals surface area contributed by atoms with Gasteiger partial charge in [-0.15, -0.1) is 0 Å². The van der Waals surface area contributed by atoms with Crippen LogP contribution < -0.4 is 4.74 Å². The van der Waals surface area contributed by atoms with Crippen molar-refractivity contribution in [3.63, 3.8) is 0 Å². The third kappa shape index (κ3) is 6.42. The highest BCUT2D eigenvalue weighted by Crippen LogP contribution is 2.15. The average molecular weight is 294 g/mol. The van der Waals surface area contributed by atoms with E-state index < -0.39 is 11.7 Å². The summed E-state index contributed by atoms with van der Waals surface area (Å²) in [5.41, 5.74) is -0.374. The number of aliphatic hydroxyl groups excluding tert-OH is 1. The number of carbonyl (C=O) groups excluding carboxylic acids is 1. The van der Waals surface area contributed by atoms with Crippen molar-refractivity contribution < 1.29 is 24.5 Å². The second-order valence-corrected chi connectivity index (χ2v) is 5.13. The maximum Gasteiger partial charge on any atom is 0.330 e. The summed E-state index contributed by atoms with van der Waals surface area (Å²) in [6, 6.07) is 7.01. The summed E-state index contributed by atoms with van der Waals surface area (Å²) in [5.74, 6) is 0.192. The van der Waals surface area contributed by atoms with Crippen LogP contribution in [0.3, 0.4) is 0 Å². The molecule has 0 aromatic heterocycles. The quantitative estimate of drug-likeness (QED) is 0.592. The molecule has 1 rings (SSSR count). The molecule has 0 aliphatic heterocycles. The van der Waals surface area contributed by atoms with E-state index in [2.05, 4.69) is 0 Å². The molecule has 0 aliphatic rings. The second-order valence-electron chi connectivity index (χ2n) is 5.13. The first-order chi connectivity index (χ1) is 9.82. The van der Waals surface area contributed by atoms with Gasteiger partial charge in [0.05, 0.1) is 12.2 Å². The topological polar surface area (TPSA) is 76.0 Å². The molecule has 0 spiro atoms. The van der Waals surface area contributed by atoms with E-state index >= 15 is 0 Å². The number of esters is 1. The number of benzene rings is 1. The molecule has 0 saturated heterocycles. The predicted molar refractivity (Wildman–Crippen MR) is 79.9 cm³/mol. The first-order valence-electron chi connectivity index (χ1n) is 6.81. The van der Waals surface area contributed by atoms with Gasteiger partial charge in [-0.1, -0.05) is 12.1 Å². The van der Waals surface area contributed by atoms with Gasteiger partial charge < -0.3 is 19.7 Å². The molecule has 0 amide bonds. The Balaban J connectivity index is 2.53. The summed E-state index contributed by atoms with van der Waals surface area (Å²) in [6.45, 7) is 5.13. The van der Waals surface area contributed by atoms with Crippen LogP contribution in [0.15, 0.2) is 30.3 Å². The Kier molecular flexibility index (Phi) is 6.39. The lowest BCUT2D eigenvalue weighted by Crippen LogP contribution is -2.40. The summed E-state index contributed by atoms with van der Waals surface area (Å²) < 4.78 is 10.2. The monoisotopic (exact) mass is 294 g/mol. The van der Waals surface area contributed by atoms with Crippen molar-refractivity contribution in [1.29, 1.82) is 0 Å². The molecule has 5 heteroatoms. The molecule has 116 valence electrons. The standard InChI is InChI=1S/C16H22O5/c1-4-20-15(18)10-7-12-5-8-13(9-6-12)21-11-14(17)16(2,3)19/h5-10,14,17,19H,4,11H2,1-3H3/b10-7+/t14-/m1/s1. The van der Waals surface area contributed by atoms with Gasteiger partial charge in [-0.25, -0.2) is 4.79 Å². The van der Waals surface area contributed by atoms with Crippen LogP contribution in [0.4, 0.5) is 0 Å². The van der Waals surface area contributed by atoms with Crippen molar-refractivity contribution in [2.45, 2.75) is 32.5 Å². The molecule has 0 unspecified atom stereocenters. The smallest absolute Gasteiger partial charge is 0.330 e. The van der Waals surface area contributed by atoms with Crippen molar-refractivity contribution in [3.8, 4) is 5.75 Å². The molecule has 0 heterocycles. The van der Waals surface area contributed by atoms with E-state index in [0.717, 1.165) is 5.56 Å². The fraction of sp³-hybridized carbons (Fsp3) is 0.438. The van der Waals surface area contributed by atoms with E-state index in [1.807, 2.05) is 0 Å². The molecule has 1 aromatic carbocycles. The Bertz CT molecular complexity index is 470. The summed E-state index contributed by atoms with van der Waals surface area (Å²) in [5, 5.41) is 19.3. The molecule has 5 nitrogen and oxygen atoms in total. The van der Waals surface area contributed by atoms with Gasteiger partial charge in [0.1, 0.15) is 18.5 Å². The summed E-state index contributed by atoms with van der Waals surface area (Å²) in [6.07, 6.45) is 2.03. The normalized spacial score (nSPS) is 13.2. The zero-order chi connectivity index (χ0) is 15.9. The van der Waals surface area contributed by atoms with Gasteiger partial charge in [0.25, 0.3) is 0 Å².